The molecule has 0 radical (unpaired) electrons. The van der Waals surface area contributed by atoms with Crippen molar-refractivity contribution in [3.05, 3.63) is 57.6 Å². The molecular formula is C19H18N4O4S. The third kappa shape index (κ3) is 4.32. The Morgan fingerprint density at radius 1 is 1.18 bits per heavy atom. The van der Waals surface area contributed by atoms with Crippen molar-refractivity contribution < 1.29 is 14.5 Å². The molecule has 0 aliphatic rings. The number of rotatable bonds is 6. The van der Waals surface area contributed by atoms with Crippen LogP contribution in [-0.2, 0) is 4.79 Å². The van der Waals surface area contributed by atoms with Crippen LogP contribution in [0, 0.1) is 17.0 Å². The fourth-order valence-electron chi connectivity index (χ4n) is 2.62. The summed E-state index contributed by atoms with van der Waals surface area (Å²) in [5.41, 5.74) is 1.84. The lowest BCUT2D eigenvalue weighted by Gasteiger charge is -2.06. The van der Waals surface area contributed by atoms with Crippen LogP contribution in [0.25, 0.3) is 10.2 Å². The Kier molecular flexibility index (Phi) is 5.65. The second kappa shape index (κ2) is 8.13. The van der Waals surface area contributed by atoms with E-state index in [0.29, 0.717) is 28.3 Å². The number of thiazole rings is 1. The number of amides is 2. The standard InChI is InChI=1S/C19H18N4O4S/c1-3-4-17(24)22-19-21-14-8-7-13(10-16(14)28-19)20-18(25)12-6-5-11(2)15(9-12)23(26)27/h5-10H,3-4H2,1-2H3,(H,20,25)(H,21,22,24). The molecule has 28 heavy (non-hydrogen) atoms. The van der Waals surface area contributed by atoms with Gasteiger partial charge in [-0.15, -0.1) is 0 Å². The first-order valence-corrected chi connectivity index (χ1v) is 9.46. The molecule has 1 heterocycles. The summed E-state index contributed by atoms with van der Waals surface area (Å²) in [6.07, 6.45) is 1.18. The summed E-state index contributed by atoms with van der Waals surface area (Å²) < 4.78 is 0.805. The number of nitrogens with one attached hydrogen (secondary N) is 2. The van der Waals surface area contributed by atoms with Gasteiger partial charge >= 0.3 is 0 Å². The maximum atomic E-state index is 12.5. The van der Waals surface area contributed by atoms with Crippen molar-refractivity contribution in [2.24, 2.45) is 0 Å². The number of anilines is 2. The normalized spacial score (nSPS) is 10.6. The zero-order valence-electron chi connectivity index (χ0n) is 15.3. The molecule has 0 aliphatic carbocycles. The highest BCUT2D eigenvalue weighted by Gasteiger charge is 2.15. The first-order valence-electron chi connectivity index (χ1n) is 8.64. The molecule has 2 amide bonds. The van der Waals surface area contributed by atoms with E-state index >= 15 is 0 Å². The molecule has 0 aliphatic heterocycles. The molecule has 3 aromatic rings. The average Bonchev–Trinajstić information content (AvgIpc) is 3.03. The lowest BCUT2D eigenvalue weighted by molar-refractivity contribution is -0.385. The van der Waals surface area contributed by atoms with Gasteiger partial charge in [0.15, 0.2) is 5.13 Å². The van der Waals surface area contributed by atoms with Gasteiger partial charge in [-0.2, -0.15) is 0 Å². The van der Waals surface area contributed by atoms with E-state index in [1.807, 2.05) is 6.92 Å². The first kappa shape index (κ1) is 19.4. The summed E-state index contributed by atoms with van der Waals surface area (Å²) in [5, 5.41) is 17.1. The summed E-state index contributed by atoms with van der Waals surface area (Å²) in [4.78, 5) is 39.1. The van der Waals surface area contributed by atoms with Crippen LogP contribution >= 0.6 is 11.3 Å². The maximum absolute atomic E-state index is 12.5. The Bertz CT molecular complexity index is 1080. The van der Waals surface area contributed by atoms with Crippen LogP contribution in [-0.4, -0.2) is 21.7 Å². The zero-order chi connectivity index (χ0) is 20.3. The van der Waals surface area contributed by atoms with E-state index in [9.17, 15) is 19.7 Å². The summed E-state index contributed by atoms with van der Waals surface area (Å²) in [6, 6.07) is 9.55. The highest BCUT2D eigenvalue weighted by atomic mass is 32.1. The van der Waals surface area contributed by atoms with Crippen LogP contribution in [0.3, 0.4) is 0 Å². The molecule has 0 fully saturated rings. The molecule has 2 aromatic carbocycles. The van der Waals surface area contributed by atoms with E-state index in [2.05, 4.69) is 15.6 Å². The van der Waals surface area contributed by atoms with Crippen LogP contribution in [0.5, 0.6) is 0 Å². The number of aryl methyl sites for hydroxylation is 1. The number of aromatic nitrogens is 1. The second-order valence-electron chi connectivity index (χ2n) is 6.21. The topological polar surface area (TPSA) is 114 Å². The van der Waals surface area contributed by atoms with Crippen molar-refractivity contribution in [1.29, 1.82) is 0 Å². The number of carbonyl (C=O) groups excluding carboxylic acids is 2. The van der Waals surface area contributed by atoms with Gasteiger partial charge < -0.3 is 10.6 Å². The van der Waals surface area contributed by atoms with Crippen LogP contribution in [0.2, 0.25) is 0 Å². The SMILES string of the molecule is CCCC(=O)Nc1nc2ccc(NC(=O)c3ccc(C)c([N+](=O)[O-])c3)cc2s1. The molecule has 0 spiro atoms. The molecule has 0 saturated heterocycles. The zero-order valence-corrected chi connectivity index (χ0v) is 16.1. The number of nitrogens with zero attached hydrogens (tertiary/aromatic N) is 2. The lowest BCUT2D eigenvalue weighted by atomic mass is 10.1. The van der Waals surface area contributed by atoms with Gasteiger partial charge in [0.2, 0.25) is 5.91 Å². The van der Waals surface area contributed by atoms with Crippen LogP contribution in [0.15, 0.2) is 36.4 Å². The fourth-order valence-corrected chi connectivity index (χ4v) is 3.54. The monoisotopic (exact) mass is 398 g/mol. The predicted octanol–water partition coefficient (Wildman–Crippen LogP) is 4.50. The van der Waals surface area contributed by atoms with Crippen molar-refractivity contribution in [1.82, 2.24) is 4.98 Å². The van der Waals surface area contributed by atoms with Crippen molar-refractivity contribution in [2.75, 3.05) is 10.6 Å². The molecule has 144 valence electrons. The predicted molar refractivity (Wildman–Crippen MR) is 109 cm³/mol. The molecule has 1 aromatic heterocycles. The highest BCUT2D eigenvalue weighted by Crippen LogP contribution is 2.29. The quantitative estimate of drug-likeness (QED) is 0.468. The molecule has 3 rings (SSSR count). The lowest BCUT2D eigenvalue weighted by Crippen LogP contribution is -2.12. The van der Waals surface area contributed by atoms with Crippen molar-refractivity contribution in [3.8, 4) is 0 Å². The molecule has 0 bridgehead atoms. The number of fused-ring (bicyclic) bond motifs is 1. The van der Waals surface area contributed by atoms with E-state index in [0.717, 1.165) is 11.1 Å². The molecule has 9 heteroatoms. The highest BCUT2D eigenvalue weighted by molar-refractivity contribution is 7.22. The van der Waals surface area contributed by atoms with Gasteiger partial charge in [-0.25, -0.2) is 4.98 Å². The maximum Gasteiger partial charge on any atom is 0.273 e. The summed E-state index contributed by atoms with van der Waals surface area (Å²) in [6.45, 7) is 3.55. The fraction of sp³-hybridized carbons (Fsp3) is 0.211. The minimum atomic E-state index is -0.510. The largest absolute Gasteiger partial charge is 0.322 e. The van der Waals surface area contributed by atoms with E-state index in [4.69, 9.17) is 0 Å². The van der Waals surface area contributed by atoms with Crippen LogP contribution in [0.1, 0.15) is 35.7 Å². The molecule has 0 atom stereocenters. The Morgan fingerprint density at radius 3 is 2.68 bits per heavy atom. The summed E-state index contributed by atoms with van der Waals surface area (Å²) in [5.74, 6) is -0.528. The van der Waals surface area contributed by atoms with E-state index in [1.165, 1.54) is 17.4 Å². The van der Waals surface area contributed by atoms with Gasteiger partial charge in [0, 0.05) is 29.3 Å². The number of hydrogen-bond donors (Lipinski definition) is 2. The van der Waals surface area contributed by atoms with Gasteiger partial charge in [0.1, 0.15) is 0 Å². The van der Waals surface area contributed by atoms with Gasteiger partial charge in [-0.3, -0.25) is 19.7 Å². The summed E-state index contributed by atoms with van der Waals surface area (Å²) in [7, 11) is 0. The Balaban J connectivity index is 1.78. The first-order chi connectivity index (χ1) is 13.4. The number of nitro groups is 1. The van der Waals surface area contributed by atoms with E-state index in [1.54, 1.807) is 37.3 Å². The summed E-state index contributed by atoms with van der Waals surface area (Å²) >= 11 is 1.31. The molecule has 0 saturated carbocycles. The van der Waals surface area contributed by atoms with Crippen LogP contribution in [0.4, 0.5) is 16.5 Å². The smallest absolute Gasteiger partial charge is 0.273 e. The van der Waals surface area contributed by atoms with Gasteiger partial charge in [0.25, 0.3) is 11.6 Å². The van der Waals surface area contributed by atoms with Gasteiger partial charge in [-0.1, -0.05) is 24.3 Å². The van der Waals surface area contributed by atoms with Crippen molar-refractivity contribution in [2.45, 2.75) is 26.7 Å². The Hall–Kier alpha value is -3.33. The van der Waals surface area contributed by atoms with Gasteiger partial charge in [-0.05, 0) is 37.6 Å². The second-order valence-corrected chi connectivity index (χ2v) is 7.24. The third-order valence-corrected chi connectivity index (χ3v) is 4.97. The van der Waals surface area contributed by atoms with Crippen molar-refractivity contribution >= 4 is 49.9 Å². The Morgan fingerprint density at radius 2 is 1.96 bits per heavy atom. The van der Waals surface area contributed by atoms with E-state index < -0.39 is 10.8 Å². The molecule has 8 nitrogen and oxygen atoms in total. The molecule has 2 N–H and O–H groups in total. The van der Waals surface area contributed by atoms with Gasteiger partial charge in [0.05, 0.1) is 15.1 Å². The number of nitro benzene ring substituents is 1. The third-order valence-electron chi connectivity index (χ3n) is 4.04. The molecule has 0 unspecified atom stereocenters. The minimum Gasteiger partial charge on any atom is -0.322 e. The minimum absolute atomic E-state index is 0.0870. The van der Waals surface area contributed by atoms with Crippen molar-refractivity contribution in [3.63, 3.8) is 0 Å². The number of benzene rings is 2. The van der Waals surface area contributed by atoms with Crippen LogP contribution < -0.4 is 10.6 Å². The number of hydrogen-bond acceptors (Lipinski definition) is 6. The number of carbonyl (C=O) groups is 2. The van der Waals surface area contributed by atoms with E-state index in [-0.39, 0.29) is 17.2 Å². The Labute approximate surface area is 164 Å². The average molecular weight is 398 g/mol. The molecular weight excluding hydrogens is 380 g/mol.